The highest BCUT2D eigenvalue weighted by Crippen LogP contribution is 2.35. The van der Waals surface area contributed by atoms with Crippen LogP contribution in [-0.4, -0.2) is 30.2 Å². The van der Waals surface area contributed by atoms with Crippen LogP contribution in [0.25, 0.3) is 0 Å². The topological polar surface area (TPSA) is 15.3 Å². The Bertz CT molecular complexity index is 269. The summed E-state index contributed by atoms with van der Waals surface area (Å²) in [6.07, 6.45) is 12.6. The minimum Gasteiger partial charge on any atom is -0.299 e. The molecule has 0 spiro atoms. The number of unbranched alkanes of at least 4 members (excludes halogenated alkanes) is 1. The second-order valence-electron chi connectivity index (χ2n) is 7.59. The standard InChI is InChI=1S/C18H36N2/c1-4-5-9-17-10-14-20(15-17)18(12-7-13-19-18)11-6-8-16(2)3/h16-17,19H,4-15H2,1-3H3. The van der Waals surface area contributed by atoms with Gasteiger partial charge in [-0.1, -0.05) is 46.5 Å². The Balaban J connectivity index is 1.85. The summed E-state index contributed by atoms with van der Waals surface area (Å²) in [4.78, 5) is 2.82. The van der Waals surface area contributed by atoms with Crippen LogP contribution in [0.4, 0.5) is 0 Å². The predicted octanol–water partition coefficient (Wildman–Crippen LogP) is 4.40. The quantitative estimate of drug-likeness (QED) is 0.708. The van der Waals surface area contributed by atoms with Crippen molar-refractivity contribution in [1.29, 1.82) is 0 Å². The zero-order chi connectivity index (χ0) is 14.4. The van der Waals surface area contributed by atoms with Gasteiger partial charge in [-0.15, -0.1) is 0 Å². The van der Waals surface area contributed by atoms with Gasteiger partial charge in [0.05, 0.1) is 5.66 Å². The summed E-state index contributed by atoms with van der Waals surface area (Å²) in [5.74, 6) is 1.82. The van der Waals surface area contributed by atoms with Crippen molar-refractivity contribution in [3.8, 4) is 0 Å². The summed E-state index contributed by atoms with van der Waals surface area (Å²) in [6.45, 7) is 10.9. The maximum Gasteiger partial charge on any atom is 0.0713 e. The van der Waals surface area contributed by atoms with Gasteiger partial charge in [-0.2, -0.15) is 0 Å². The number of rotatable bonds is 8. The molecule has 0 aromatic carbocycles. The summed E-state index contributed by atoms with van der Waals surface area (Å²) < 4.78 is 0. The first kappa shape index (κ1) is 16.3. The molecular formula is C18H36N2. The molecule has 2 heteroatoms. The molecule has 0 aliphatic carbocycles. The van der Waals surface area contributed by atoms with E-state index in [1.54, 1.807) is 0 Å². The molecule has 0 aromatic rings. The average Bonchev–Trinajstić information content (AvgIpc) is 3.05. The van der Waals surface area contributed by atoms with Crippen molar-refractivity contribution in [1.82, 2.24) is 10.2 Å². The van der Waals surface area contributed by atoms with E-state index in [2.05, 4.69) is 31.0 Å². The van der Waals surface area contributed by atoms with Gasteiger partial charge in [-0.05, 0) is 50.5 Å². The van der Waals surface area contributed by atoms with Crippen LogP contribution in [0, 0.1) is 11.8 Å². The second kappa shape index (κ2) is 7.79. The highest BCUT2D eigenvalue weighted by Gasteiger charge is 2.41. The molecule has 0 bridgehead atoms. The van der Waals surface area contributed by atoms with Crippen molar-refractivity contribution < 1.29 is 0 Å². The first-order chi connectivity index (χ1) is 9.66. The highest BCUT2D eigenvalue weighted by atomic mass is 15.3. The van der Waals surface area contributed by atoms with Crippen LogP contribution in [-0.2, 0) is 0 Å². The van der Waals surface area contributed by atoms with E-state index in [9.17, 15) is 0 Å². The lowest BCUT2D eigenvalue weighted by molar-refractivity contribution is 0.0802. The van der Waals surface area contributed by atoms with Gasteiger partial charge < -0.3 is 0 Å². The van der Waals surface area contributed by atoms with Crippen LogP contribution in [0.5, 0.6) is 0 Å². The highest BCUT2D eigenvalue weighted by molar-refractivity contribution is 4.96. The van der Waals surface area contributed by atoms with Crippen molar-refractivity contribution in [3.05, 3.63) is 0 Å². The molecule has 0 aromatic heterocycles. The molecule has 2 atom stereocenters. The van der Waals surface area contributed by atoms with Crippen LogP contribution in [0.3, 0.4) is 0 Å². The number of hydrogen-bond acceptors (Lipinski definition) is 2. The van der Waals surface area contributed by atoms with E-state index in [1.807, 2.05) is 0 Å². The molecule has 0 radical (unpaired) electrons. The Morgan fingerprint density at radius 2 is 2.15 bits per heavy atom. The van der Waals surface area contributed by atoms with Gasteiger partial charge in [0.1, 0.15) is 0 Å². The van der Waals surface area contributed by atoms with Crippen molar-refractivity contribution in [2.45, 2.75) is 84.2 Å². The van der Waals surface area contributed by atoms with Gasteiger partial charge >= 0.3 is 0 Å². The molecule has 2 nitrogen and oxygen atoms in total. The van der Waals surface area contributed by atoms with Gasteiger partial charge in [0.25, 0.3) is 0 Å². The molecule has 2 unspecified atom stereocenters. The third-order valence-electron chi connectivity index (χ3n) is 5.45. The van der Waals surface area contributed by atoms with E-state index in [4.69, 9.17) is 0 Å². The molecule has 2 saturated heterocycles. The van der Waals surface area contributed by atoms with Crippen molar-refractivity contribution >= 4 is 0 Å². The molecular weight excluding hydrogens is 244 g/mol. The predicted molar refractivity (Wildman–Crippen MR) is 87.9 cm³/mol. The minimum absolute atomic E-state index is 0.371. The Labute approximate surface area is 126 Å². The van der Waals surface area contributed by atoms with Gasteiger partial charge in [0.2, 0.25) is 0 Å². The largest absolute Gasteiger partial charge is 0.299 e. The van der Waals surface area contributed by atoms with Crippen molar-refractivity contribution in [2.75, 3.05) is 19.6 Å². The van der Waals surface area contributed by atoms with Crippen LogP contribution in [0.15, 0.2) is 0 Å². The van der Waals surface area contributed by atoms with Gasteiger partial charge in [-0.25, -0.2) is 0 Å². The van der Waals surface area contributed by atoms with Crippen LogP contribution < -0.4 is 5.32 Å². The Hall–Kier alpha value is -0.0800. The lowest BCUT2D eigenvalue weighted by Gasteiger charge is -2.40. The molecule has 0 saturated carbocycles. The fourth-order valence-corrected chi connectivity index (χ4v) is 4.18. The molecule has 2 aliphatic rings. The van der Waals surface area contributed by atoms with Gasteiger partial charge in [0, 0.05) is 13.1 Å². The van der Waals surface area contributed by atoms with Gasteiger partial charge in [-0.3, -0.25) is 10.2 Å². The normalized spacial score (nSPS) is 31.5. The third-order valence-corrected chi connectivity index (χ3v) is 5.45. The smallest absolute Gasteiger partial charge is 0.0713 e. The van der Waals surface area contributed by atoms with E-state index in [0.717, 1.165) is 11.8 Å². The molecule has 1 N–H and O–H groups in total. The molecule has 2 heterocycles. The average molecular weight is 280 g/mol. The molecule has 0 amide bonds. The maximum absolute atomic E-state index is 3.89. The number of nitrogens with zero attached hydrogens (tertiary/aromatic N) is 1. The molecule has 2 rings (SSSR count). The number of hydrogen-bond donors (Lipinski definition) is 1. The maximum atomic E-state index is 3.89. The van der Waals surface area contributed by atoms with E-state index in [1.165, 1.54) is 77.4 Å². The van der Waals surface area contributed by atoms with Gasteiger partial charge in [0.15, 0.2) is 0 Å². The summed E-state index contributed by atoms with van der Waals surface area (Å²) >= 11 is 0. The van der Waals surface area contributed by atoms with E-state index >= 15 is 0 Å². The van der Waals surface area contributed by atoms with Crippen molar-refractivity contribution in [3.63, 3.8) is 0 Å². The zero-order valence-electron chi connectivity index (χ0n) is 14.1. The second-order valence-corrected chi connectivity index (χ2v) is 7.59. The number of nitrogens with one attached hydrogen (secondary N) is 1. The summed E-state index contributed by atoms with van der Waals surface area (Å²) in [5, 5.41) is 3.89. The van der Waals surface area contributed by atoms with Crippen LogP contribution in [0.2, 0.25) is 0 Å². The monoisotopic (exact) mass is 280 g/mol. The Kier molecular flexibility index (Phi) is 6.35. The third kappa shape index (κ3) is 4.21. The Morgan fingerprint density at radius 1 is 1.30 bits per heavy atom. The fraction of sp³-hybridized carbons (Fsp3) is 1.00. The lowest BCUT2D eigenvalue weighted by atomic mass is 9.95. The van der Waals surface area contributed by atoms with E-state index < -0.39 is 0 Å². The SMILES string of the molecule is CCCCC1CCN(C2(CCCC(C)C)CCCN2)C1. The summed E-state index contributed by atoms with van der Waals surface area (Å²) in [5.41, 5.74) is 0.371. The summed E-state index contributed by atoms with van der Waals surface area (Å²) in [6, 6.07) is 0. The Morgan fingerprint density at radius 3 is 2.80 bits per heavy atom. The number of likely N-dealkylation sites (tertiary alicyclic amines) is 1. The zero-order valence-corrected chi connectivity index (χ0v) is 14.1. The lowest BCUT2D eigenvalue weighted by Crippen LogP contribution is -2.54. The van der Waals surface area contributed by atoms with E-state index in [-0.39, 0.29) is 0 Å². The fourth-order valence-electron chi connectivity index (χ4n) is 4.18. The molecule has 2 fully saturated rings. The van der Waals surface area contributed by atoms with Crippen LogP contribution in [0.1, 0.15) is 78.6 Å². The molecule has 118 valence electrons. The minimum atomic E-state index is 0.371. The molecule has 20 heavy (non-hydrogen) atoms. The first-order valence-electron chi connectivity index (χ1n) is 9.16. The summed E-state index contributed by atoms with van der Waals surface area (Å²) in [7, 11) is 0. The van der Waals surface area contributed by atoms with E-state index in [0.29, 0.717) is 5.66 Å². The van der Waals surface area contributed by atoms with Crippen LogP contribution >= 0.6 is 0 Å². The molecule has 2 aliphatic heterocycles. The first-order valence-corrected chi connectivity index (χ1v) is 9.16. The van der Waals surface area contributed by atoms with Crippen molar-refractivity contribution in [2.24, 2.45) is 11.8 Å².